The van der Waals surface area contributed by atoms with E-state index in [-0.39, 0.29) is 11.9 Å². The molecule has 1 fully saturated rings. The van der Waals surface area contributed by atoms with E-state index in [4.69, 9.17) is 10.5 Å². The minimum atomic E-state index is -0.265. The number of hydrogen-bond donors (Lipinski definition) is 2. The molecule has 5 heteroatoms. The van der Waals surface area contributed by atoms with Gasteiger partial charge in [0, 0.05) is 44.0 Å². The van der Waals surface area contributed by atoms with Gasteiger partial charge in [-0.05, 0) is 36.1 Å². The quantitative estimate of drug-likeness (QED) is 0.655. The molecule has 0 aromatic heterocycles. The summed E-state index contributed by atoms with van der Waals surface area (Å²) >= 11 is 0. The molecule has 5 nitrogen and oxygen atoms in total. The van der Waals surface area contributed by atoms with Crippen LogP contribution in [0.2, 0.25) is 0 Å². The molecule has 0 amide bonds. The second-order valence-electron chi connectivity index (χ2n) is 7.22. The number of esters is 1. The second kappa shape index (κ2) is 7.09. The van der Waals surface area contributed by atoms with Crippen molar-refractivity contribution >= 4 is 11.7 Å². The number of nitrogens with two attached hydrogens (primary N) is 1. The molecule has 2 aliphatic rings. The highest BCUT2D eigenvalue weighted by Crippen LogP contribution is 2.36. The Morgan fingerprint density at radius 2 is 2.15 bits per heavy atom. The van der Waals surface area contributed by atoms with Crippen LogP contribution in [-0.2, 0) is 17.8 Å². The number of anilines is 1. The standard InChI is InChI=1S/C21H25N3O2/c1-14-13-24(8-7-23-14)18-6-5-17-10-19(21(25)26-20(17)11-18)16-4-2-3-15(9-16)12-22/h2-6,9,11,14,19,23H,7-8,10,12-13,22H2,1H3/t14-,19?/m0/s1. The zero-order chi connectivity index (χ0) is 18.1. The van der Waals surface area contributed by atoms with Crippen LogP contribution in [0.5, 0.6) is 5.75 Å². The molecule has 0 saturated carbocycles. The molecular weight excluding hydrogens is 326 g/mol. The van der Waals surface area contributed by atoms with Gasteiger partial charge in [0.2, 0.25) is 0 Å². The predicted molar refractivity (Wildman–Crippen MR) is 103 cm³/mol. The van der Waals surface area contributed by atoms with Crippen molar-refractivity contribution in [2.24, 2.45) is 5.73 Å². The molecule has 4 rings (SSSR count). The fourth-order valence-corrected chi connectivity index (χ4v) is 3.84. The lowest BCUT2D eigenvalue weighted by atomic mass is 9.88. The number of rotatable bonds is 3. The third-order valence-electron chi connectivity index (χ3n) is 5.29. The normalized spacial score (nSPS) is 22.7. The van der Waals surface area contributed by atoms with Gasteiger partial charge < -0.3 is 20.7 Å². The number of carbonyl (C=O) groups excluding carboxylic acids is 1. The number of nitrogens with one attached hydrogen (secondary N) is 1. The number of carbonyl (C=O) groups is 1. The van der Waals surface area contributed by atoms with Gasteiger partial charge in [0.25, 0.3) is 0 Å². The van der Waals surface area contributed by atoms with Crippen molar-refractivity contribution in [3.63, 3.8) is 0 Å². The maximum atomic E-state index is 12.6. The first kappa shape index (κ1) is 17.1. The van der Waals surface area contributed by atoms with Crippen LogP contribution in [0, 0.1) is 0 Å². The van der Waals surface area contributed by atoms with Crippen LogP contribution in [0.15, 0.2) is 42.5 Å². The van der Waals surface area contributed by atoms with Gasteiger partial charge in [-0.15, -0.1) is 0 Å². The molecule has 0 aliphatic carbocycles. The van der Waals surface area contributed by atoms with Crippen LogP contribution in [-0.4, -0.2) is 31.6 Å². The minimum Gasteiger partial charge on any atom is -0.426 e. The van der Waals surface area contributed by atoms with Gasteiger partial charge in [0.05, 0.1) is 5.92 Å². The van der Waals surface area contributed by atoms with E-state index < -0.39 is 0 Å². The van der Waals surface area contributed by atoms with Crippen molar-refractivity contribution in [3.05, 3.63) is 59.2 Å². The summed E-state index contributed by atoms with van der Waals surface area (Å²) in [4.78, 5) is 15.0. The first-order valence-corrected chi connectivity index (χ1v) is 9.26. The number of ether oxygens (including phenoxy) is 1. The molecule has 2 aliphatic heterocycles. The van der Waals surface area contributed by atoms with E-state index in [1.165, 1.54) is 0 Å². The van der Waals surface area contributed by atoms with E-state index >= 15 is 0 Å². The van der Waals surface area contributed by atoms with E-state index in [1.54, 1.807) is 0 Å². The number of benzene rings is 2. The molecule has 136 valence electrons. The molecule has 0 spiro atoms. The average Bonchev–Trinajstić information content (AvgIpc) is 2.67. The molecule has 1 saturated heterocycles. The summed E-state index contributed by atoms with van der Waals surface area (Å²) in [5, 5.41) is 3.45. The third kappa shape index (κ3) is 3.32. The third-order valence-corrected chi connectivity index (χ3v) is 5.29. The molecule has 0 bridgehead atoms. The lowest BCUT2D eigenvalue weighted by molar-refractivity contribution is -0.137. The average molecular weight is 351 g/mol. The Bertz CT molecular complexity index is 821. The summed E-state index contributed by atoms with van der Waals surface area (Å²) in [6, 6.07) is 14.6. The Hall–Kier alpha value is -2.37. The number of piperazine rings is 1. The van der Waals surface area contributed by atoms with E-state index in [0.717, 1.165) is 42.0 Å². The lowest BCUT2D eigenvalue weighted by Gasteiger charge is -2.34. The van der Waals surface area contributed by atoms with Gasteiger partial charge in [0.15, 0.2) is 0 Å². The largest absolute Gasteiger partial charge is 0.426 e. The molecule has 1 unspecified atom stereocenters. The molecule has 2 atom stereocenters. The predicted octanol–water partition coefficient (Wildman–Crippen LogP) is 2.19. The Balaban J connectivity index is 1.58. The van der Waals surface area contributed by atoms with Crippen LogP contribution in [0.3, 0.4) is 0 Å². The van der Waals surface area contributed by atoms with E-state index in [0.29, 0.717) is 24.8 Å². The van der Waals surface area contributed by atoms with Gasteiger partial charge in [-0.1, -0.05) is 30.3 Å². The Morgan fingerprint density at radius 1 is 1.27 bits per heavy atom. The number of fused-ring (bicyclic) bond motifs is 1. The minimum absolute atomic E-state index is 0.183. The Labute approximate surface area is 154 Å². The molecule has 26 heavy (non-hydrogen) atoms. The van der Waals surface area contributed by atoms with Gasteiger partial charge in [-0.25, -0.2) is 0 Å². The van der Waals surface area contributed by atoms with Crippen LogP contribution in [0.1, 0.15) is 29.5 Å². The smallest absolute Gasteiger partial charge is 0.319 e. The summed E-state index contributed by atoms with van der Waals surface area (Å²) in [7, 11) is 0. The van der Waals surface area contributed by atoms with Gasteiger partial charge in [-0.2, -0.15) is 0 Å². The summed E-state index contributed by atoms with van der Waals surface area (Å²) in [5.74, 6) is 0.251. The fourth-order valence-electron chi connectivity index (χ4n) is 3.84. The highest BCUT2D eigenvalue weighted by Gasteiger charge is 2.30. The van der Waals surface area contributed by atoms with Crippen molar-refractivity contribution in [2.45, 2.75) is 31.8 Å². The van der Waals surface area contributed by atoms with Crippen molar-refractivity contribution in [3.8, 4) is 5.75 Å². The summed E-state index contributed by atoms with van der Waals surface area (Å²) < 4.78 is 5.72. The first-order valence-electron chi connectivity index (χ1n) is 9.26. The van der Waals surface area contributed by atoms with Crippen LogP contribution in [0.25, 0.3) is 0 Å². The second-order valence-corrected chi connectivity index (χ2v) is 7.22. The highest BCUT2D eigenvalue weighted by atomic mass is 16.5. The number of nitrogens with zero attached hydrogens (tertiary/aromatic N) is 1. The van der Waals surface area contributed by atoms with Crippen molar-refractivity contribution < 1.29 is 9.53 Å². The lowest BCUT2D eigenvalue weighted by Crippen LogP contribution is -2.49. The molecule has 2 aromatic carbocycles. The highest BCUT2D eigenvalue weighted by molar-refractivity contribution is 5.83. The van der Waals surface area contributed by atoms with E-state index in [9.17, 15) is 4.79 Å². The summed E-state index contributed by atoms with van der Waals surface area (Å²) in [6.07, 6.45) is 0.667. The first-order chi connectivity index (χ1) is 12.6. The maximum absolute atomic E-state index is 12.6. The van der Waals surface area contributed by atoms with E-state index in [1.807, 2.05) is 30.3 Å². The molecule has 3 N–H and O–H groups in total. The van der Waals surface area contributed by atoms with Gasteiger partial charge in [-0.3, -0.25) is 4.79 Å². The van der Waals surface area contributed by atoms with Crippen LogP contribution < -0.4 is 20.7 Å². The summed E-state index contributed by atoms with van der Waals surface area (Å²) in [5.41, 5.74) is 9.94. The van der Waals surface area contributed by atoms with Crippen LogP contribution in [0.4, 0.5) is 5.69 Å². The maximum Gasteiger partial charge on any atom is 0.319 e. The van der Waals surface area contributed by atoms with Crippen molar-refractivity contribution in [1.29, 1.82) is 0 Å². The molecular formula is C21H25N3O2. The van der Waals surface area contributed by atoms with Gasteiger partial charge in [0.1, 0.15) is 5.75 Å². The molecule has 2 aromatic rings. The fraction of sp³-hybridized carbons (Fsp3) is 0.381. The summed E-state index contributed by atoms with van der Waals surface area (Å²) in [6.45, 7) is 5.55. The topological polar surface area (TPSA) is 67.6 Å². The van der Waals surface area contributed by atoms with Crippen molar-refractivity contribution in [1.82, 2.24) is 5.32 Å². The van der Waals surface area contributed by atoms with Crippen LogP contribution >= 0.6 is 0 Å². The van der Waals surface area contributed by atoms with Crippen molar-refractivity contribution in [2.75, 3.05) is 24.5 Å². The zero-order valence-electron chi connectivity index (χ0n) is 15.1. The zero-order valence-corrected chi connectivity index (χ0v) is 15.1. The number of hydrogen-bond acceptors (Lipinski definition) is 5. The molecule has 0 radical (unpaired) electrons. The Kier molecular flexibility index (Phi) is 4.66. The monoisotopic (exact) mass is 351 g/mol. The Morgan fingerprint density at radius 3 is 2.96 bits per heavy atom. The molecule has 2 heterocycles. The SMILES string of the molecule is C[C@H]1CN(c2ccc3c(c2)OC(=O)C(c2cccc(CN)c2)C3)CCN1. The van der Waals surface area contributed by atoms with Gasteiger partial charge >= 0.3 is 5.97 Å². The van der Waals surface area contributed by atoms with E-state index in [2.05, 4.69) is 29.3 Å².